The fraction of sp³-hybridized carbons (Fsp3) is 0.333. The molecular weight excluding hydrogens is 442 g/mol. The van der Waals surface area contributed by atoms with Gasteiger partial charge in [-0.05, 0) is 56.7 Å². The predicted molar refractivity (Wildman–Crippen MR) is 126 cm³/mol. The maximum absolute atomic E-state index is 13.3. The summed E-state index contributed by atoms with van der Waals surface area (Å²) in [5.74, 6) is -0.0977. The molecule has 0 bridgehead atoms. The van der Waals surface area contributed by atoms with Crippen LogP contribution in [0.5, 0.6) is 5.75 Å². The molecule has 33 heavy (non-hydrogen) atoms. The van der Waals surface area contributed by atoms with Crippen molar-refractivity contribution in [3.8, 4) is 5.75 Å². The normalized spacial score (nSPS) is 13.7. The van der Waals surface area contributed by atoms with E-state index in [9.17, 15) is 14.4 Å². The van der Waals surface area contributed by atoms with E-state index in [1.54, 1.807) is 29.2 Å². The Labute approximate surface area is 195 Å². The topological polar surface area (TPSA) is 97.8 Å². The SMILES string of the molecule is CC(=O)c1ccc(OCC(=O)Nc2c(C(=O)N3CCOCC3)sc3nc(C)cc(C)c23)cc1. The third-order valence-corrected chi connectivity index (χ3v) is 6.45. The average molecular weight is 468 g/mol. The second kappa shape index (κ2) is 9.68. The van der Waals surface area contributed by atoms with E-state index in [0.717, 1.165) is 16.6 Å². The highest BCUT2D eigenvalue weighted by Gasteiger charge is 2.27. The summed E-state index contributed by atoms with van der Waals surface area (Å²) in [5.41, 5.74) is 2.82. The van der Waals surface area contributed by atoms with Gasteiger partial charge in [0.25, 0.3) is 11.8 Å². The van der Waals surface area contributed by atoms with Gasteiger partial charge in [-0.15, -0.1) is 11.3 Å². The molecule has 172 valence electrons. The molecule has 1 aliphatic heterocycles. The Morgan fingerprint density at radius 2 is 1.85 bits per heavy atom. The number of Topliss-reactive ketones (excluding diaryl/α,β-unsaturated/α-hetero) is 1. The lowest BCUT2D eigenvalue weighted by atomic mass is 10.1. The minimum atomic E-state index is -0.388. The number of anilines is 1. The van der Waals surface area contributed by atoms with Crippen molar-refractivity contribution in [2.24, 2.45) is 0 Å². The highest BCUT2D eigenvalue weighted by molar-refractivity contribution is 7.21. The first-order chi connectivity index (χ1) is 15.8. The molecule has 0 aliphatic carbocycles. The van der Waals surface area contributed by atoms with Gasteiger partial charge in [0, 0.05) is 29.7 Å². The summed E-state index contributed by atoms with van der Waals surface area (Å²) in [7, 11) is 0. The summed E-state index contributed by atoms with van der Waals surface area (Å²) in [5, 5.41) is 3.65. The van der Waals surface area contributed by atoms with Gasteiger partial charge in [-0.1, -0.05) is 0 Å². The minimum absolute atomic E-state index is 0.0414. The zero-order valence-corrected chi connectivity index (χ0v) is 19.6. The van der Waals surface area contributed by atoms with Crippen LogP contribution in [0.4, 0.5) is 5.69 Å². The van der Waals surface area contributed by atoms with Crippen molar-refractivity contribution in [3.05, 3.63) is 52.0 Å². The van der Waals surface area contributed by atoms with E-state index in [4.69, 9.17) is 9.47 Å². The van der Waals surface area contributed by atoms with Crippen LogP contribution in [0.1, 0.15) is 38.2 Å². The van der Waals surface area contributed by atoms with Crippen molar-refractivity contribution in [2.45, 2.75) is 20.8 Å². The van der Waals surface area contributed by atoms with Crippen LogP contribution in [0, 0.1) is 13.8 Å². The number of fused-ring (bicyclic) bond motifs is 1. The number of hydrogen-bond acceptors (Lipinski definition) is 7. The Balaban J connectivity index is 1.57. The van der Waals surface area contributed by atoms with Crippen molar-refractivity contribution in [3.63, 3.8) is 0 Å². The second-order valence-corrected chi connectivity index (χ2v) is 8.89. The zero-order valence-electron chi connectivity index (χ0n) is 18.8. The van der Waals surface area contributed by atoms with E-state index in [1.807, 2.05) is 19.9 Å². The van der Waals surface area contributed by atoms with E-state index < -0.39 is 0 Å². The number of rotatable bonds is 6. The molecule has 0 atom stereocenters. The number of benzene rings is 1. The first kappa shape index (κ1) is 22.9. The number of pyridine rings is 1. The molecule has 0 unspecified atom stereocenters. The van der Waals surface area contributed by atoms with Crippen LogP contribution >= 0.6 is 11.3 Å². The molecule has 0 radical (unpaired) electrons. The molecule has 3 aromatic rings. The fourth-order valence-corrected chi connectivity index (χ4v) is 4.95. The van der Waals surface area contributed by atoms with Crippen LogP contribution in [-0.2, 0) is 9.53 Å². The molecule has 2 aromatic heterocycles. The summed E-state index contributed by atoms with van der Waals surface area (Å²) in [6.07, 6.45) is 0. The number of ether oxygens (including phenoxy) is 2. The van der Waals surface area contributed by atoms with E-state index in [-0.39, 0.29) is 24.2 Å². The zero-order chi connectivity index (χ0) is 23.5. The number of amides is 2. The molecule has 0 saturated carbocycles. The van der Waals surface area contributed by atoms with Gasteiger partial charge >= 0.3 is 0 Å². The van der Waals surface area contributed by atoms with E-state index in [2.05, 4.69) is 10.3 Å². The number of hydrogen-bond donors (Lipinski definition) is 1. The third kappa shape index (κ3) is 5.04. The molecule has 1 fully saturated rings. The smallest absolute Gasteiger partial charge is 0.266 e. The summed E-state index contributed by atoms with van der Waals surface area (Å²) >= 11 is 1.28. The predicted octanol–water partition coefficient (Wildman–Crippen LogP) is 3.61. The highest BCUT2D eigenvalue weighted by atomic mass is 32.1. The summed E-state index contributed by atoms with van der Waals surface area (Å²) in [6.45, 7) is 7.09. The van der Waals surface area contributed by atoms with Crippen LogP contribution < -0.4 is 10.1 Å². The summed E-state index contributed by atoms with van der Waals surface area (Å²) in [6, 6.07) is 8.53. The number of carbonyl (C=O) groups is 3. The quantitative estimate of drug-likeness (QED) is 0.556. The molecule has 3 heterocycles. The Bertz CT molecular complexity index is 1210. The van der Waals surface area contributed by atoms with Gasteiger partial charge in [0.05, 0.1) is 18.9 Å². The number of aryl methyl sites for hydroxylation is 2. The Hall–Kier alpha value is -3.30. The van der Waals surface area contributed by atoms with E-state index in [0.29, 0.717) is 53.0 Å². The van der Waals surface area contributed by atoms with Gasteiger partial charge in [-0.3, -0.25) is 14.4 Å². The lowest BCUT2D eigenvalue weighted by Crippen LogP contribution is -2.40. The Kier molecular flexibility index (Phi) is 6.71. The first-order valence-electron chi connectivity index (χ1n) is 10.6. The molecule has 4 rings (SSSR count). The number of morpholine rings is 1. The summed E-state index contributed by atoms with van der Waals surface area (Å²) < 4.78 is 10.9. The van der Waals surface area contributed by atoms with E-state index in [1.165, 1.54) is 18.3 Å². The number of aromatic nitrogens is 1. The van der Waals surface area contributed by atoms with Gasteiger partial charge < -0.3 is 19.7 Å². The van der Waals surface area contributed by atoms with Crippen LogP contribution in [0.25, 0.3) is 10.2 Å². The van der Waals surface area contributed by atoms with Crippen LogP contribution in [0.3, 0.4) is 0 Å². The van der Waals surface area contributed by atoms with Crippen molar-refractivity contribution in [1.29, 1.82) is 0 Å². The highest BCUT2D eigenvalue weighted by Crippen LogP contribution is 2.38. The maximum atomic E-state index is 13.3. The molecule has 2 amide bonds. The monoisotopic (exact) mass is 467 g/mol. The van der Waals surface area contributed by atoms with Crippen LogP contribution in [0.15, 0.2) is 30.3 Å². The minimum Gasteiger partial charge on any atom is -0.484 e. The van der Waals surface area contributed by atoms with Crippen molar-refractivity contribution < 1.29 is 23.9 Å². The first-order valence-corrected chi connectivity index (χ1v) is 11.5. The second-order valence-electron chi connectivity index (χ2n) is 7.89. The number of ketones is 1. The van der Waals surface area contributed by atoms with Gasteiger partial charge in [-0.2, -0.15) is 0 Å². The molecule has 0 spiro atoms. The molecule has 1 saturated heterocycles. The maximum Gasteiger partial charge on any atom is 0.266 e. The molecule has 1 aromatic carbocycles. The van der Waals surface area contributed by atoms with Crippen molar-refractivity contribution >= 4 is 44.8 Å². The number of thiophene rings is 1. The van der Waals surface area contributed by atoms with Gasteiger partial charge in [-0.25, -0.2) is 4.98 Å². The van der Waals surface area contributed by atoms with Crippen molar-refractivity contribution in [1.82, 2.24) is 9.88 Å². The standard InChI is InChI=1S/C24H25N3O5S/c1-14-12-15(2)25-23-20(14)21(22(33-23)24(30)27-8-10-31-11-9-27)26-19(29)13-32-18-6-4-17(5-7-18)16(3)28/h4-7,12H,8-11,13H2,1-3H3,(H,26,29). The Morgan fingerprint density at radius 3 is 2.52 bits per heavy atom. The number of nitrogens with zero attached hydrogens (tertiary/aromatic N) is 2. The molecule has 1 aliphatic rings. The third-order valence-electron chi connectivity index (χ3n) is 5.38. The van der Waals surface area contributed by atoms with Crippen LogP contribution in [-0.4, -0.2) is 60.4 Å². The van der Waals surface area contributed by atoms with Gasteiger partial charge in [0.1, 0.15) is 15.5 Å². The lowest BCUT2D eigenvalue weighted by Gasteiger charge is -2.26. The summed E-state index contributed by atoms with van der Waals surface area (Å²) in [4.78, 5) is 44.9. The van der Waals surface area contributed by atoms with Gasteiger partial charge in [0.2, 0.25) is 0 Å². The van der Waals surface area contributed by atoms with E-state index >= 15 is 0 Å². The van der Waals surface area contributed by atoms with Crippen molar-refractivity contribution in [2.75, 3.05) is 38.2 Å². The molecule has 1 N–H and O–H groups in total. The molecular formula is C24H25N3O5S. The average Bonchev–Trinajstić information content (AvgIpc) is 3.16. The number of carbonyl (C=O) groups excluding carboxylic acids is 3. The molecule has 9 heteroatoms. The largest absolute Gasteiger partial charge is 0.484 e. The lowest BCUT2D eigenvalue weighted by molar-refractivity contribution is -0.118. The van der Waals surface area contributed by atoms with Crippen LogP contribution in [0.2, 0.25) is 0 Å². The number of nitrogens with one attached hydrogen (secondary N) is 1. The van der Waals surface area contributed by atoms with Gasteiger partial charge in [0.15, 0.2) is 12.4 Å². The molecule has 8 nitrogen and oxygen atoms in total. The Morgan fingerprint density at radius 1 is 1.15 bits per heavy atom. The fourth-order valence-electron chi connectivity index (χ4n) is 3.73.